The van der Waals surface area contributed by atoms with Gasteiger partial charge in [0, 0.05) is 23.0 Å². The lowest BCUT2D eigenvalue weighted by Crippen LogP contribution is -2.46. The highest BCUT2D eigenvalue weighted by Crippen LogP contribution is 2.14. The highest BCUT2D eigenvalue weighted by atomic mass is 79.9. The number of carbonyl (C=O) groups excluding carboxylic acids is 2. The van der Waals surface area contributed by atoms with Crippen molar-refractivity contribution in [3.63, 3.8) is 0 Å². The normalized spacial score (nSPS) is 11.8. The number of benzene rings is 1. The highest BCUT2D eigenvalue weighted by molar-refractivity contribution is 9.10. The van der Waals surface area contributed by atoms with Crippen molar-refractivity contribution >= 4 is 37.8 Å². The van der Waals surface area contributed by atoms with Crippen LogP contribution in [-0.4, -0.2) is 38.9 Å². The van der Waals surface area contributed by atoms with Crippen LogP contribution in [0.5, 0.6) is 0 Å². The minimum absolute atomic E-state index is 0.0505. The van der Waals surface area contributed by atoms with E-state index in [0.29, 0.717) is 0 Å². The molecule has 0 unspecified atom stereocenters. The summed E-state index contributed by atoms with van der Waals surface area (Å²) in [6, 6.07) is 6.16. The maximum absolute atomic E-state index is 12.0. The molecule has 0 aromatic heterocycles. The first-order valence-electron chi connectivity index (χ1n) is 7.32. The SMILES string of the molecule is CC(C)(C)NC(=O)CNC(=O)CCNS(=O)(=O)c1ccc(Br)cc1. The first-order chi connectivity index (χ1) is 11.0. The third-order valence-corrected chi connectivity index (χ3v) is 4.73. The number of nitrogens with one attached hydrogen (secondary N) is 3. The van der Waals surface area contributed by atoms with Crippen LogP contribution < -0.4 is 15.4 Å². The van der Waals surface area contributed by atoms with Crippen LogP contribution in [0.1, 0.15) is 27.2 Å². The molecule has 0 fully saturated rings. The van der Waals surface area contributed by atoms with Crippen LogP contribution in [0, 0.1) is 0 Å². The van der Waals surface area contributed by atoms with Crippen molar-refractivity contribution in [1.29, 1.82) is 0 Å². The van der Waals surface area contributed by atoms with Gasteiger partial charge in [-0.15, -0.1) is 0 Å². The summed E-state index contributed by atoms with van der Waals surface area (Å²) in [5, 5.41) is 5.16. The molecule has 0 radical (unpaired) electrons. The molecule has 3 N–H and O–H groups in total. The van der Waals surface area contributed by atoms with E-state index in [1.54, 1.807) is 12.1 Å². The quantitative estimate of drug-likeness (QED) is 0.616. The Bertz CT molecular complexity index is 682. The number of carbonyl (C=O) groups is 2. The Morgan fingerprint density at radius 1 is 1.08 bits per heavy atom. The summed E-state index contributed by atoms with van der Waals surface area (Å²) in [6.45, 7) is 5.32. The predicted molar refractivity (Wildman–Crippen MR) is 94.9 cm³/mol. The molecule has 0 atom stereocenters. The number of amides is 2. The van der Waals surface area contributed by atoms with Gasteiger partial charge in [0.15, 0.2) is 0 Å². The minimum atomic E-state index is -3.66. The lowest BCUT2D eigenvalue weighted by atomic mass is 10.1. The molecule has 0 bridgehead atoms. The minimum Gasteiger partial charge on any atom is -0.350 e. The van der Waals surface area contributed by atoms with E-state index in [2.05, 4.69) is 31.3 Å². The molecule has 1 rings (SSSR count). The Hall–Kier alpha value is -1.45. The largest absolute Gasteiger partial charge is 0.350 e. The molecule has 1 aromatic carbocycles. The summed E-state index contributed by atoms with van der Waals surface area (Å²) >= 11 is 3.23. The average Bonchev–Trinajstić information content (AvgIpc) is 2.43. The molecule has 24 heavy (non-hydrogen) atoms. The van der Waals surface area contributed by atoms with Crippen LogP contribution >= 0.6 is 15.9 Å². The van der Waals surface area contributed by atoms with Crippen LogP contribution in [-0.2, 0) is 19.6 Å². The molecule has 0 aliphatic heterocycles. The van der Waals surface area contributed by atoms with Gasteiger partial charge in [-0.05, 0) is 45.0 Å². The molecule has 1 aromatic rings. The van der Waals surface area contributed by atoms with Crippen LogP contribution in [0.3, 0.4) is 0 Å². The zero-order valence-electron chi connectivity index (χ0n) is 13.8. The molecule has 0 aliphatic rings. The van der Waals surface area contributed by atoms with Gasteiger partial charge >= 0.3 is 0 Å². The van der Waals surface area contributed by atoms with Gasteiger partial charge in [0.2, 0.25) is 21.8 Å². The van der Waals surface area contributed by atoms with Crippen molar-refractivity contribution in [3.05, 3.63) is 28.7 Å². The van der Waals surface area contributed by atoms with Crippen molar-refractivity contribution in [2.75, 3.05) is 13.1 Å². The highest BCUT2D eigenvalue weighted by Gasteiger charge is 2.16. The maximum atomic E-state index is 12.0. The Balaban J connectivity index is 2.37. The van der Waals surface area contributed by atoms with Gasteiger partial charge in [0.25, 0.3) is 0 Å². The molecular weight excluding hydrogens is 398 g/mol. The molecular formula is C15H22BrN3O4S. The second-order valence-electron chi connectivity index (χ2n) is 6.18. The molecule has 9 heteroatoms. The van der Waals surface area contributed by atoms with Gasteiger partial charge in [-0.3, -0.25) is 9.59 Å². The molecule has 2 amide bonds. The van der Waals surface area contributed by atoms with Gasteiger partial charge in [0.1, 0.15) is 0 Å². The summed E-state index contributed by atoms with van der Waals surface area (Å²) in [6.07, 6.45) is -0.0570. The average molecular weight is 420 g/mol. The van der Waals surface area contributed by atoms with E-state index in [4.69, 9.17) is 0 Å². The van der Waals surface area contributed by atoms with Crippen LogP contribution in [0.15, 0.2) is 33.6 Å². The molecule has 0 saturated carbocycles. The van der Waals surface area contributed by atoms with Crippen LogP contribution in [0.25, 0.3) is 0 Å². The number of sulfonamides is 1. The smallest absolute Gasteiger partial charge is 0.240 e. The summed E-state index contributed by atoms with van der Waals surface area (Å²) < 4.78 is 27.2. The molecule has 7 nitrogen and oxygen atoms in total. The van der Waals surface area contributed by atoms with Crippen molar-refractivity contribution in [1.82, 2.24) is 15.4 Å². The summed E-state index contributed by atoms with van der Waals surface area (Å²) in [4.78, 5) is 23.3. The Labute approximate surface area is 150 Å². The van der Waals surface area contributed by atoms with E-state index in [1.807, 2.05) is 20.8 Å². The van der Waals surface area contributed by atoms with E-state index in [9.17, 15) is 18.0 Å². The Morgan fingerprint density at radius 2 is 1.67 bits per heavy atom. The monoisotopic (exact) mass is 419 g/mol. The molecule has 0 spiro atoms. The fourth-order valence-corrected chi connectivity index (χ4v) is 3.02. The van der Waals surface area contributed by atoms with Gasteiger partial charge in [-0.25, -0.2) is 13.1 Å². The summed E-state index contributed by atoms with van der Waals surface area (Å²) in [5.74, 6) is -0.705. The van der Waals surface area contributed by atoms with Crippen LogP contribution in [0.2, 0.25) is 0 Å². The Morgan fingerprint density at radius 3 is 2.21 bits per heavy atom. The second-order valence-corrected chi connectivity index (χ2v) is 8.86. The number of halogens is 1. The van der Waals surface area contributed by atoms with E-state index in [1.165, 1.54) is 12.1 Å². The van der Waals surface area contributed by atoms with Crippen molar-refractivity contribution in [3.8, 4) is 0 Å². The van der Waals surface area contributed by atoms with Crippen LogP contribution in [0.4, 0.5) is 0 Å². The third-order valence-electron chi connectivity index (χ3n) is 2.73. The number of hydrogen-bond acceptors (Lipinski definition) is 4. The van der Waals surface area contributed by atoms with E-state index in [0.717, 1.165) is 4.47 Å². The first kappa shape index (κ1) is 20.6. The predicted octanol–water partition coefficient (Wildman–Crippen LogP) is 1.15. The summed E-state index contributed by atoms with van der Waals surface area (Å²) in [7, 11) is -3.66. The summed E-state index contributed by atoms with van der Waals surface area (Å²) in [5.41, 5.74) is -0.373. The zero-order valence-corrected chi connectivity index (χ0v) is 16.3. The van der Waals surface area contributed by atoms with Crippen molar-refractivity contribution < 1.29 is 18.0 Å². The lowest BCUT2D eigenvalue weighted by molar-refractivity contribution is -0.126. The van der Waals surface area contributed by atoms with Gasteiger partial charge < -0.3 is 10.6 Å². The molecule has 0 saturated heterocycles. The molecule has 134 valence electrons. The van der Waals surface area contributed by atoms with Crippen molar-refractivity contribution in [2.45, 2.75) is 37.6 Å². The van der Waals surface area contributed by atoms with E-state index >= 15 is 0 Å². The fourth-order valence-electron chi connectivity index (χ4n) is 1.73. The zero-order chi connectivity index (χ0) is 18.4. The molecule has 0 aliphatic carbocycles. The van der Waals surface area contributed by atoms with E-state index < -0.39 is 15.9 Å². The lowest BCUT2D eigenvalue weighted by Gasteiger charge is -2.20. The molecule has 0 heterocycles. The first-order valence-corrected chi connectivity index (χ1v) is 9.60. The standard InChI is InChI=1S/C15H22BrN3O4S/c1-15(2,3)19-14(21)10-17-13(20)8-9-18-24(22,23)12-6-4-11(16)5-7-12/h4-7,18H,8-10H2,1-3H3,(H,17,20)(H,19,21). The topological polar surface area (TPSA) is 104 Å². The van der Waals surface area contributed by atoms with Gasteiger partial charge in [-0.2, -0.15) is 0 Å². The van der Waals surface area contributed by atoms with Gasteiger partial charge in [0.05, 0.1) is 11.4 Å². The maximum Gasteiger partial charge on any atom is 0.240 e. The third kappa shape index (κ3) is 7.89. The van der Waals surface area contributed by atoms with Gasteiger partial charge in [-0.1, -0.05) is 15.9 Å². The second kappa shape index (κ2) is 8.59. The number of rotatable bonds is 7. The number of hydrogen-bond donors (Lipinski definition) is 3. The fraction of sp³-hybridized carbons (Fsp3) is 0.467. The Kier molecular flexibility index (Phi) is 7.37. The van der Waals surface area contributed by atoms with Crippen molar-refractivity contribution in [2.24, 2.45) is 0 Å². The van der Waals surface area contributed by atoms with E-state index in [-0.39, 0.29) is 35.9 Å².